The number of benzene rings is 2. The van der Waals surface area contributed by atoms with Gasteiger partial charge in [-0.3, -0.25) is 9.59 Å². The number of rotatable bonds is 5. The van der Waals surface area contributed by atoms with E-state index in [1.54, 1.807) is 29.2 Å². The van der Waals surface area contributed by atoms with Gasteiger partial charge in [-0.1, -0.05) is 30.3 Å². The van der Waals surface area contributed by atoms with Gasteiger partial charge in [-0.2, -0.15) is 0 Å². The zero-order chi connectivity index (χ0) is 20.1. The van der Waals surface area contributed by atoms with Gasteiger partial charge in [0.15, 0.2) is 17.5 Å². The van der Waals surface area contributed by atoms with Crippen LogP contribution in [0.1, 0.15) is 15.9 Å². The fraction of sp³-hybridized carbons (Fsp3) is 0.300. The van der Waals surface area contributed by atoms with E-state index in [4.69, 9.17) is 4.74 Å². The van der Waals surface area contributed by atoms with Crippen molar-refractivity contribution >= 4 is 11.8 Å². The molecule has 0 saturated carbocycles. The molecule has 1 aliphatic heterocycles. The zero-order valence-corrected chi connectivity index (χ0v) is 15.0. The molecule has 1 heterocycles. The lowest BCUT2D eigenvalue weighted by atomic mass is 10.0. The number of amides is 2. The summed E-state index contributed by atoms with van der Waals surface area (Å²) in [7, 11) is 0. The Morgan fingerprint density at radius 3 is 2.36 bits per heavy atom. The molecule has 2 aromatic carbocycles. The van der Waals surface area contributed by atoms with Gasteiger partial charge in [0, 0.05) is 19.5 Å². The second kappa shape index (κ2) is 8.88. The van der Waals surface area contributed by atoms with E-state index < -0.39 is 35.0 Å². The van der Waals surface area contributed by atoms with Crippen molar-refractivity contribution in [2.45, 2.75) is 12.5 Å². The van der Waals surface area contributed by atoms with Crippen molar-refractivity contribution in [2.75, 3.05) is 26.3 Å². The van der Waals surface area contributed by atoms with Crippen LogP contribution in [0.5, 0.6) is 0 Å². The van der Waals surface area contributed by atoms with Crippen molar-refractivity contribution in [2.24, 2.45) is 0 Å². The zero-order valence-electron chi connectivity index (χ0n) is 15.0. The summed E-state index contributed by atoms with van der Waals surface area (Å²) < 4.78 is 45.8. The molecule has 1 fully saturated rings. The number of ether oxygens (including phenoxy) is 1. The summed E-state index contributed by atoms with van der Waals surface area (Å²) >= 11 is 0. The Balaban J connectivity index is 1.82. The summed E-state index contributed by atoms with van der Waals surface area (Å²) in [6.07, 6.45) is 0.175. The molecule has 8 heteroatoms. The molecular formula is C20H19F3N2O3. The van der Waals surface area contributed by atoms with E-state index in [1.807, 2.05) is 6.07 Å². The van der Waals surface area contributed by atoms with Crippen LogP contribution in [0.2, 0.25) is 0 Å². The van der Waals surface area contributed by atoms with E-state index in [1.165, 1.54) is 0 Å². The average Bonchev–Trinajstić information content (AvgIpc) is 2.72. The molecular weight excluding hydrogens is 373 g/mol. The van der Waals surface area contributed by atoms with Crippen molar-refractivity contribution in [3.05, 3.63) is 71.0 Å². The first kappa shape index (κ1) is 19.9. The molecule has 2 aromatic rings. The highest BCUT2D eigenvalue weighted by molar-refractivity contribution is 5.97. The Hall–Kier alpha value is -2.87. The normalized spacial score (nSPS) is 15.2. The quantitative estimate of drug-likeness (QED) is 0.795. The maximum absolute atomic E-state index is 14.0. The number of carbonyl (C=O) groups excluding carboxylic acids is 2. The van der Waals surface area contributed by atoms with Crippen LogP contribution in [0, 0.1) is 17.5 Å². The highest BCUT2D eigenvalue weighted by atomic mass is 19.2. The molecule has 148 valence electrons. The second-order valence-corrected chi connectivity index (χ2v) is 6.38. The van der Waals surface area contributed by atoms with E-state index in [9.17, 15) is 22.8 Å². The first-order valence-corrected chi connectivity index (χ1v) is 8.82. The van der Waals surface area contributed by atoms with E-state index >= 15 is 0 Å². The van der Waals surface area contributed by atoms with Gasteiger partial charge in [0.05, 0.1) is 18.8 Å². The third-order valence-electron chi connectivity index (χ3n) is 4.49. The van der Waals surface area contributed by atoms with Crippen LogP contribution in [0.25, 0.3) is 0 Å². The number of halogens is 3. The molecule has 1 N–H and O–H groups in total. The SMILES string of the molecule is O=C(N[C@@H](Cc1ccccc1)C(=O)N1CCOCC1)c1ccc(F)c(F)c1F. The predicted molar refractivity (Wildman–Crippen MR) is 95.1 cm³/mol. The van der Waals surface area contributed by atoms with E-state index in [0.29, 0.717) is 32.4 Å². The van der Waals surface area contributed by atoms with Crippen molar-refractivity contribution < 1.29 is 27.5 Å². The van der Waals surface area contributed by atoms with Gasteiger partial charge in [-0.25, -0.2) is 13.2 Å². The lowest BCUT2D eigenvalue weighted by molar-refractivity contribution is -0.137. The maximum Gasteiger partial charge on any atom is 0.255 e. The largest absolute Gasteiger partial charge is 0.378 e. The average molecular weight is 392 g/mol. The number of nitrogens with zero attached hydrogens (tertiary/aromatic N) is 1. The molecule has 0 aromatic heterocycles. The molecule has 0 radical (unpaired) electrons. The molecule has 5 nitrogen and oxygen atoms in total. The van der Waals surface area contributed by atoms with Crippen LogP contribution < -0.4 is 5.32 Å². The van der Waals surface area contributed by atoms with E-state index in [0.717, 1.165) is 11.6 Å². The number of nitrogens with one attached hydrogen (secondary N) is 1. The van der Waals surface area contributed by atoms with Crippen LogP contribution in [0.3, 0.4) is 0 Å². The lowest BCUT2D eigenvalue weighted by Gasteiger charge is -2.31. The molecule has 0 aliphatic carbocycles. The first-order chi connectivity index (χ1) is 13.5. The Kier molecular flexibility index (Phi) is 6.30. The van der Waals surface area contributed by atoms with Gasteiger partial charge in [-0.15, -0.1) is 0 Å². The minimum atomic E-state index is -1.73. The van der Waals surface area contributed by atoms with Gasteiger partial charge in [0.2, 0.25) is 5.91 Å². The monoisotopic (exact) mass is 392 g/mol. The molecule has 3 rings (SSSR count). The molecule has 1 atom stereocenters. The van der Waals surface area contributed by atoms with Gasteiger partial charge < -0.3 is 15.0 Å². The van der Waals surface area contributed by atoms with Crippen molar-refractivity contribution in [3.63, 3.8) is 0 Å². The predicted octanol–water partition coefficient (Wildman–Crippen LogP) is 2.30. The van der Waals surface area contributed by atoms with Crippen LogP contribution in [-0.2, 0) is 16.0 Å². The van der Waals surface area contributed by atoms with E-state index in [-0.39, 0.29) is 12.3 Å². The minimum absolute atomic E-state index is 0.175. The van der Waals surface area contributed by atoms with Crippen LogP contribution in [-0.4, -0.2) is 49.1 Å². The van der Waals surface area contributed by atoms with Gasteiger partial charge >= 0.3 is 0 Å². The van der Waals surface area contributed by atoms with Crippen molar-refractivity contribution in [3.8, 4) is 0 Å². The second-order valence-electron chi connectivity index (χ2n) is 6.38. The number of hydrogen-bond acceptors (Lipinski definition) is 3. The smallest absolute Gasteiger partial charge is 0.255 e. The molecule has 28 heavy (non-hydrogen) atoms. The Labute approximate surface area is 160 Å². The summed E-state index contributed by atoms with van der Waals surface area (Å²) in [4.78, 5) is 26.9. The van der Waals surface area contributed by atoms with Crippen LogP contribution >= 0.6 is 0 Å². The molecule has 0 spiro atoms. The fourth-order valence-electron chi connectivity index (χ4n) is 2.99. The summed E-state index contributed by atoms with van der Waals surface area (Å²) in [5.74, 6) is -6.04. The Bertz CT molecular complexity index is 855. The topological polar surface area (TPSA) is 58.6 Å². The van der Waals surface area contributed by atoms with Crippen LogP contribution in [0.15, 0.2) is 42.5 Å². The minimum Gasteiger partial charge on any atom is -0.378 e. The summed E-state index contributed by atoms with van der Waals surface area (Å²) in [6.45, 7) is 1.52. The summed E-state index contributed by atoms with van der Waals surface area (Å²) in [5.41, 5.74) is 0.131. The standard InChI is InChI=1S/C20H19F3N2O3/c21-15-7-6-14(17(22)18(15)23)19(26)24-16(12-13-4-2-1-3-5-13)20(27)25-8-10-28-11-9-25/h1-7,16H,8-12H2,(H,24,26)/t16-/m0/s1. The van der Waals surface area contributed by atoms with Gasteiger partial charge in [0.25, 0.3) is 5.91 Å². The molecule has 1 saturated heterocycles. The van der Waals surface area contributed by atoms with Gasteiger partial charge in [0.1, 0.15) is 6.04 Å². The molecule has 0 bridgehead atoms. The fourth-order valence-corrected chi connectivity index (χ4v) is 2.99. The van der Waals surface area contributed by atoms with Crippen LogP contribution in [0.4, 0.5) is 13.2 Å². The summed E-state index contributed by atoms with van der Waals surface area (Å²) in [5, 5.41) is 2.47. The maximum atomic E-state index is 14.0. The third kappa shape index (κ3) is 4.51. The van der Waals surface area contributed by atoms with Crippen molar-refractivity contribution in [1.82, 2.24) is 10.2 Å². The Morgan fingerprint density at radius 1 is 1.00 bits per heavy atom. The number of hydrogen-bond donors (Lipinski definition) is 1. The molecule has 0 unspecified atom stereocenters. The lowest BCUT2D eigenvalue weighted by Crippen LogP contribution is -2.52. The number of carbonyl (C=O) groups is 2. The number of morpholine rings is 1. The highest BCUT2D eigenvalue weighted by Crippen LogP contribution is 2.16. The van der Waals surface area contributed by atoms with E-state index in [2.05, 4.69) is 5.32 Å². The molecule has 1 aliphatic rings. The van der Waals surface area contributed by atoms with Gasteiger partial charge in [-0.05, 0) is 17.7 Å². The summed E-state index contributed by atoms with van der Waals surface area (Å²) in [6, 6.07) is 9.53. The highest BCUT2D eigenvalue weighted by Gasteiger charge is 2.29. The van der Waals surface area contributed by atoms with Crippen molar-refractivity contribution in [1.29, 1.82) is 0 Å². The third-order valence-corrected chi connectivity index (χ3v) is 4.49. The first-order valence-electron chi connectivity index (χ1n) is 8.82. The molecule has 2 amide bonds. The Morgan fingerprint density at radius 2 is 1.68 bits per heavy atom.